The second-order valence-corrected chi connectivity index (χ2v) is 9.67. The second-order valence-electron chi connectivity index (χ2n) is 9.67. The molecule has 3 rings (SSSR count). The number of halogens is 3. The Hall–Kier alpha value is -4.21. The Morgan fingerprint density at radius 1 is 0.947 bits per heavy atom. The highest BCUT2D eigenvalue weighted by Crippen LogP contribution is 2.17. The van der Waals surface area contributed by atoms with Crippen LogP contribution in [0.5, 0.6) is 0 Å². The van der Waals surface area contributed by atoms with Crippen molar-refractivity contribution in [2.45, 2.75) is 51.8 Å². The van der Waals surface area contributed by atoms with Crippen molar-refractivity contribution in [1.82, 2.24) is 15.6 Å². The van der Waals surface area contributed by atoms with Crippen LogP contribution in [0.25, 0.3) is 0 Å². The van der Waals surface area contributed by atoms with Crippen LogP contribution in [0.15, 0.2) is 60.8 Å². The van der Waals surface area contributed by atoms with Crippen LogP contribution in [-0.2, 0) is 29.0 Å². The highest BCUT2D eigenvalue weighted by atomic mass is 19.2. The molecule has 200 valence electrons. The molecule has 0 aliphatic carbocycles. The van der Waals surface area contributed by atoms with Crippen LogP contribution in [-0.4, -0.2) is 34.3 Å². The zero-order chi connectivity index (χ0) is 27.9. The van der Waals surface area contributed by atoms with Gasteiger partial charge in [0.15, 0.2) is 17.4 Å². The van der Waals surface area contributed by atoms with Gasteiger partial charge in [0.05, 0.1) is 23.7 Å². The molecule has 0 fully saturated rings. The van der Waals surface area contributed by atoms with Gasteiger partial charge in [-0.05, 0) is 50.1 Å². The molecule has 0 aliphatic heterocycles. The van der Waals surface area contributed by atoms with Crippen molar-refractivity contribution in [3.8, 4) is 0 Å². The predicted octanol–water partition coefficient (Wildman–Crippen LogP) is 4.68. The zero-order valence-corrected chi connectivity index (χ0v) is 21.2. The van der Waals surface area contributed by atoms with Crippen molar-refractivity contribution < 1.29 is 32.3 Å². The van der Waals surface area contributed by atoms with Gasteiger partial charge in [-0.15, -0.1) is 0 Å². The summed E-state index contributed by atoms with van der Waals surface area (Å²) in [5.41, 5.74) is 0.109. The summed E-state index contributed by atoms with van der Waals surface area (Å²) < 4.78 is 46.8. The largest absolute Gasteiger partial charge is 0.445 e. The zero-order valence-electron chi connectivity index (χ0n) is 21.2. The molecule has 2 N–H and O–H groups in total. The third-order valence-corrected chi connectivity index (χ3v) is 5.37. The van der Waals surface area contributed by atoms with E-state index in [2.05, 4.69) is 15.6 Å². The van der Waals surface area contributed by atoms with E-state index in [1.807, 2.05) is 0 Å². The molecule has 0 saturated carbocycles. The van der Waals surface area contributed by atoms with Crippen molar-refractivity contribution in [2.75, 3.05) is 0 Å². The van der Waals surface area contributed by atoms with Gasteiger partial charge in [-0.1, -0.05) is 30.3 Å². The molecule has 3 aromatic rings. The van der Waals surface area contributed by atoms with Crippen LogP contribution in [0.2, 0.25) is 0 Å². The first-order valence-corrected chi connectivity index (χ1v) is 11.8. The van der Waals surface area contributed by atoms with E-state index in [9.17, 15) is 27.6 Å². The SMILES string of the molecule is CC(C)(C)NC(=O)c1cccnc1CC(=O)[C@@H](Cc1cc(F)c(F)cc1F)NC(=O)OCc1ccccc1. The summed E-state index contributed by atoms with van der Waals surface area (Å²) in [5, 5.41) is 5.18. The molecule has 0 spiro atoms. The van der Waals surface area contributed by atoms with Gasteiger partial charge in [-0.2, -0.15) is 0 Å². The van der Waals surface area contributed by atoms with Crippen LogP contribution >= 0.6 is 0 Å². The van der Waals surface area contributed by atoms with Crippen molar-refractivity contribution in [2.24, 2.45) is 0 Å². The number of benzene rings is 2. The van der Waals surface area contributed by atoms with E-state index in [1.54, 1.807) is 57.2 Å². The number of Topliss-reactive ketones (excluding diaryl/α,β-unsaturated/α-hetero) is 1. The molecule has 10 heteroatoms. The van der Waals surface area contributed by atoms with E-state index in [0.717, 1.165) is 0 Å². The average Bonchev–Trinajstić information content (AvgIpc) is 2.85. The molecular weight excluding hydrogens is 499 g/mol. The number of rotatable bonds is 9. The number of carbonyl (C=O) groups excluding carboxylic acids is 3. The summed E-state index contributed by atoms with van der Waals surface area (Å²) >= 11 is 0. The third-order valence-electron chi connectivity index (χ3n) is 5.37. The molecule has 1 atom stereocenters. The van der Waals surface area contributed by atoms with Gasteiger partial charge in [-0.25, -0.2) is 18.0 Å². The van der Waals surface area contributed by atoms with Crippen LogP contribution in [0.3, 0.4) is 0 Å². The molecule has 0 aliphatic rings. The van der Waals surface area contributed by atoms with E-state index in [4.69, 9.17) is 4.74 Å². The number of pyridine rings is 1. The van der Waals surface area contributed by atoms with E-state index in [0.29, 0.717) is 17.7 Å². The average molecular weight is 528 g/mol. The molecule has 38 heavy (non-hydrogen) atoms. The maximum absolute atomic E-state index is 14.4. The molecular formula is C28H28F3N3O4. The predicted molar refractivity (Wildman–Crippen MR) is 134 cm³/mol. The van der Waals surface area contributed by atoms with Gasteiger partial charge in [-0.3, -0.25) is 14.6 Å². The van der Waals surface area contributed by atoms with Gasteiger partial charge in [0.1, 0.15) is 12.4 Å². The Kier molecular flexibility index (Phi) is 9.22. The number of ether oxygens (including phenoxy) is 1. The maximum atomic E-state index is 14.4. The normalized spacial score (nSPS) is 11.9. The van der Waals surface area contributed by atoms with Gasteiger partial charge in [0, 0.05) is 24.2 Å². The number of nitrogens with one attached hydrogen (secondary N) is 2. The highest BCUT2D eigenvalue weighted by Gasteiger charge is 2.27. The van der Waals surface area contributed by atoms with Crippen LogP contribution < -0.4 is 10.6 Å². The molecule has 0 unspecified atom stereocenters. The fraction of sp³-hybridized carbons (Fsp3) is 0.286. The Morgan fingerprint density at radius 2 is 1.63 bits per heavy atom. The number of aromatic nitrogens is 1. The third kappa shape index (κ3) is 8.16. The lowest BCUT2D eigenvalue weighted by Crippen LogP contribution is -2.44. The van der Waals surface area contributed by atoms with Gasteiger partial charge < -0.3 is 15.4 Å². The minimum Gasteiger partial charge on any atom is -0.445 e. The molecule has 2 aromatic carbocycles. The lowest BCUT2D eigenvalue weighted by molar-refractivity contribution is -0.120. The van der Waals surface area contributed by atoms with Gasteiger partial charge in [0.25, 0.3) is 5.91 Å². The number of alkyl carbamates (subject to hydrolysis) is 1. The molecule has 0 bridgehead atoms. The minimum atomic E-state index is -1.39. The summed E-state index contributed by atoms with van der Waals surface area (Å²) in [6.45, 7) is 5.29. The minimum absolute atomic E-state index is 0.0928. The summed E-state index contributed by atoms with van der Waals surface area (Å²) in [6.07, 6.45) is -0.453. The number of nitrogens with zero attached hydrogens (tertiary/aromatic N) is 1. The van der Waals surface area contributed by atoms with Crippen LogP contribution in [0.4, 0.5) is 18.0 Å². The molecule has 1 aromatic heterocycles. The van der Waals surface area contributed by atoms with Crippen molar-refractivity contribution in [3.63, 3.8) is 0 Å². The number of ketones is 1. The van der Waals surface area contributed by atoms with E-state index in [1.165, 1.54) is 12.3 Å². The fourth-order valence-corrected chi connectivity index (χ4v) is 3.57. The lowest BCUT2D eigenvalue weighted by Gasteiger charge is -2.22. The standard InChI is InChI=1S/C28H28F3N3O4/c1-28(2,3)34-26(36)19-10-7-11-32-23(19)15-25(35)24(13-18-12-21(30)22(31)14-20(18)29)33-27(37)38-16-17-8-5-4-6-9-17/h4-12,14,24H,13,15-16H2,1-3H3,(H,33,37)(H,34,36)/t24-/m1/s1. The van der Waals surface area contributed by atoms with Gasteiger partial charge >= 0.3 is 6.09 Å². The Balaban J connectivity index is 1.83. The molecule has 0 radical (unpaired) electrons. The number of carbonyl (C=O) groups is 3. The quantitative estimate of drug-likeness (QED) is 0.394. The molecule has 1 heterocycles. The summed E-state index contributed by atoms with van der Waals surface area (Å²) in [4.78, 5) is 42.7. The topological polar surface area (TPSA) is 97.4 Å². The first kappa shape index (κ1) is 28.4. The van der Waals surface area contributed by atoms with Crippen molar-refractivity contribution in [1.29, 1.82) is 0 Å². The smallest absolute Gasteiger partial charge is 0.408 e. The first-order valence-electron chi connectivity index (χ1n) is 11.8. The Labute approximate surface area is 218 Å². The monoisotopic (exact) mass is 527 g/mol. The fourth-order valence-electron chi connectivity index (χ4n) is 3.57. The highest BCUT2D eigenvalue weighted by molar-refractivity contribution is 5.98. The van der Waals surface area contributed by atoms with Crippen LogP contribution in [0.1, 0.15) is 48.0 Å². The number of hydrogen-bond donors (Lipinski definition) is 2. The lowest BCUT2D eigenvalue weighted by atomic mass is 9.97. The second kappa shape index (κ2) is 12.4. The Bertz CT molecular complexity index is 1310. The van der Waals surface area contributed by atoms with Gasteiger partial charge in [0.2, 0.25) is 0 Å². The van der Waals surface area contributed by atoms with Crippen molar-refractivity contribution in [3.05, 3.63) is 101 Å². The van der Waals surface area contributed by atoms with E-state index < -0.39 is 59.7 Å². The molecule has 2 amide bonds. The van der Waals surface area contributed by atoms with Crippen LogP contribution in [0, 0.1) is 17.5 Å². The first-order chi connectivity index (χ1) is 17.9. The van der Waals surface area contributed by atoms with E-state index >= 15 is 0 Å². The molecule has 7 nitrogen and oxygen atoms in total. The van der Waals surface area contributed by atoms with E-state index in [-0.39, 0.29) is 23.4 Å². The Morgan fingerprint density at radius 3 is 2.32 bits per heavy atom. The number of amides is 2. The summed E-state index contributed by atoms with van der Waals surface area (Å²) in [6, 6.07) is 11.4. The number of hydrogen-bond acceptors (Lipinski definition) is 5. The summed E-state index contributed by atoms with van der Waals surface area (Å²) in [5.74, 6) is -4.86. The molecule has 0 saturated heterocycles. The maximum Gasteiger partial charge on any atom is 0.408 e. The summed E-state index contributed by atoms with van der Waals surface area (Å²) in [7, 11) is 0. The van der Waals surface area contributed by atoms with Crippen molar-refractivity contribution >= 4 is 17.8 Å².